The molecule has 2 rings (SSSR count). The van der Waals surface area contributed by atoms with Crippen molar-refractivity contribution in [2.75, 3.05) is 6.54 Å². The number of rotatable bonds is 4. The molecule has 2 aromatic rings. The molecule has 0 aliphatic heterocycles. The van der Waals surface area contributed by atoms with Gasteiger partial charge in [0, 0.05) is 6.54 Å². The molecular formula is C16H16FNO. The monoisotopic (exact) mass is 257 g/mol. The van der Waals surface area contributed by atoms with Crippen molar-refractivity contribution < 1.29 is 9.18 Å². The molecule has 0 bridgehead atoms. The van der Waals surface area contributed by atoms with E-state index in [1.54, 1.807) is 19.1 Å². The Morgan fingerprint density at radius 3 is 2.58 bits per heavy atom. The van der Waals surface area contributed by atoms with E-state index >= 15 is 0 Å². The highest BCUT2D eigenvalue weighted by atomic mass is 19.1. The Balaban J connectivity index is 1.93. The van der Waals surface area contributed by atoms with E-state index in [1.165, 1.54) is 6.07 Å². The standard InChI is InChI=1S/C16H16FNO/c1-12-6-5-9-14(15(12)17)16(19)18-11-10-13-7-3-2-4-8-13/h2-9H,10-11H2,1H3,(H,18,19). The van der Waals surface area contributed by atoms with Gasteiger partial charge in [-0.1, -0.05) is 42.5 Å². The lowest BCUT2D eigenvalue weighted by molar-refractivity contribution is 0.0950. The Labute approximate surface area is 112 Å². The third kappa shape index (κ3) is 3.41. The molecule has 3 heteroatoms. The zero-order chi connectivity index (χ0) is 13.7. The van der Waals surface area contributed by atoms with Gasteiger partial charge in [-0.3, -0.25) is 4.79 Å². The molecule has 0 atom stereocenters. The zero-order valence-corrected chi connectivity index (χ0v) is 10.8. The first kappa shape index (κ1) is 13.3. The summed E-state index contributed by atoms with van der Waals surface area (Å²) >= 11 is 0. The van der Waals surface area contributed by atoms with Crippen molar-refractivity contribution in [3.63, 3.8) is 0 Å². The minimum Gasteiger partial charge on any atom is -0.352 e. The summed E-state index contributed by atoms with van der Waals surface area (Å²) in [7, 11) is 0. The molecule has 0 radical (unpaired) electrons. The molecule has 0 saturated heterocycles. The molecule has 0 fully saturated rings. The summed E-state index contributed by atoms with van der Waals surface area (Å²) in [5.41, 5.74) is 1.73. The van der Waals surface area contributed by atoms with Crippen molar-refractivity contribution in [2.24, 2.45) is 0 Å². The van der Waals surface area contributed by atoms with Gasteiger partial charge >= 0.3 is 0 Å². The summed E-state index contributed by atoms with van der Waals surface area (Å²) < 4.78 is 13.7. The van der Waals surface area contributed by atoms with E-state index in [1.807, 2.05) is 30.3 Å². The van der Waals surface area contributed by atoms with Crippen LogP contribution >= 0.6 is 0 Å². The predicted octanol–water partition coefficient (Wildman–Crippen LogP) is 3.11. The van der Waals surface area contributed by atoms with Crippen LogP contribution < -0.4 is 5.32 Å². The second-order valence-electron chi connectivity index (χ2n) is 4.43. The Morgan fingerprint density at radius 1 is 1.11 bits per heavy atom. The minimum absolute atomic E-state index is 0.105. The van der Waals surface area contributed by atoms with Crippen LogP contribution in [0, 0.1) is 12.7 Å². The van der Waals surface area contributed by atoms with Crippen molar-refractivity contribution in [3.8, 4) is 0 Å². The third-order valence-electron chi connectivity index (χ3n) is 2.98. The van der Waals surface area contributed by atoms with E-state index in [-0.39, 0.29) is 11.5 Å². The summed E-state index contributed by atoms with van der Waals surface area (Å²) in [4.78, 5) is 11.9. The van der Waals surface area contributed by atoms with Crippen LogP contribution in [0.2, 0.25) is 0 Å². The number of aryl methyl sites for hydroxylation is 1. The van der Waals surface area contributed by atoms with E-state index < -0.39 is 5.82 Å². The van der Waals surface area contributed by atoms with Gasteiger partial charge in [0.1, 0.15) is 5.82 Å². The van der Waals surface area contributed by atoms with Crippen molar-refractivity contribution in [3.05, 3.63) is 71.0 Å². The van der Waals surface area contributed by atoms with Gasteiger partial charge in [0.05, 0.1) is 5.56 Å². The van der Waals surface area contributed by atoms with Crippen LogP contribution in [0.4, 0.5) is 4.39 Å². The lowest BCUT2D eigenvalue weighted by atomic mass is 10.1. The molecule has 0 aliphatic carbocycles. The van der Waals surface area contributed by atoms with Gasteiger partial charge in [0.2, 0.25) is 0 Å². The lowest BCUT2D eigenvalue weighted by Crippen LogP contribution is -2.26. The van der Waals surface area contributed by atoms with E-state index in [9.17, 15) is 9.18 Å². The number of hydrogen-bond donors (Lipinski definition) is 1. The quantitative estimate of drug-likeness (QED) is 0.896. The zero-order valence-electron chi connectivity index (χ0n) is 10.8. The van der Waals surface area contributed by atoms with Crippen LogP contribution in [0.3, 0.4) is 0 Å². The molecule has 0 aromatic heterocycles. The fourth-order valence-corrected chi connectivity index (χ4v) is 1.88. The number of benzene rings is 2. The summed E-state index contributed by atoms with van der Waals surface area (Å²) in [6, 6.07) is 14.7. The topological polar surface area (TPSA) is 29.1 Å². The number of halogens is 1. The Bertz CT molecular complexity index is 566. The fourth-order valence-electron chi connectivity index (χ4n) is 1.88. The van der Waals surface area contributed by atoms with Gasteiger partial charge in [-0.2, -0.15) is 0 Å². The molecule has 1 amide bonds. The number of amides is 1. The van der Waals surface area contributed by atoms with Crippen LogP contribution in [0.25, 0.3) is 0 Å². The third-order valence-corrected chi connectivity index (χ3v) is 2.98. The van der Waals surface area contributed by atoms with Gasteiger partial charge in [-0.25, -0.2) is 4.39 Å². The smallest absolute Gasteiger partial charge is 0.254 e. The number of carbonyl (C=O) groups is 1. The van der Waals surface area contributed by atoms with Crippen LogP contribution in [-0.4, -0.2) is 12.5 Å². The maximum atomic E-state index is 13.7. The molecular weight excluding hydrogens is 241 g/mol. The lowest BCUT2D eigenvalue weighted by Gasteiger charge is -2.07. The number of nitrogens with one attached hydrogen (secondary N) is 1. The average molecular weight is 257 g/mol. The molecule has 0 aliphatic rings. The molecule has 98 valence electrons. The van der Waals surface area contributed by atoms with Gasteiger partial charge in [0.25, 0.3) is 5.91 Å². The van der Waals surface area contributed by atoms with Gasteiger partial charge in [-0.15, -0.1) is 0 Å². The largest absolute Gasteiger partial charge is 0.352 e. The van der Waals surface area contributed by atoms with Crippen molar-refractivity contribution >= 4 is 5.91 Å². The Hall–Kier alpha value is -2.16. The molecule has 0 spiro atoms. The minimum atomic E-state index is -0.445. The van der Waals surface area contributed by atoms with E-state index in [4.69, 9.17) is 0 Å². The van der Waals surface area contributed by atoms with Crippen molar-refractivity contribution in [1.29, 1.82) is 0 Å². The summed E-state index contributed by atoms with van der Waals surface area (Å²) in [6.45, 7) is 2.15. The molecule has 19 heavy (non-hydrogen) atoms. The summed E-state index contributed by atoms with van der Waals surface area (Å²) in [6.07, 6.45) is 0.736. The van der Waals surface area contributed by atoms with Crippen molar-refractivity contribution in [2.45, 2.75) is 13.3 Å². The van der Waals surface area contributed by atoms with Gasteiger partial charge in [0.15, 0.2) is 0 Å². The first-order chi connectivity index (χ1) is 9.18. The molecule has 0 unspecified atom stereocenters. The normalized spacial score (nSPS) is 10.2. The van der Waals surface area contributed by atoms with Crippen LogP contribution in [0.1, 0.15) is 21.5 Å². The number of carbonyl (C=O) groups excluding carboxylic acids is 1. The summed E-state index contributed by atoms with van der Waals surface area (Å²) in [5, 5.41) is 2.74. The van der Waals surface area contributed by atoms with E-state index in [0.717, 1.165) is 12.0 Å². The molecule has 2 nitrogen and oxygen atoms in total. The molecule has 0 saturated carbocycles. The molecule has 2 aromatic carbocycles. The maximum Gasteiger partial charge on any atom is 0.254 e. The number of hydrogen-bond acceptors (Lipinski definition) is 1. The van der Waals surface area contributed by atoms with Crippen LogP contribution in [0.15, 0.2) is 48.5 Å². The highest BCUT2D eigenvalue weighted by Crippen LogP contribution is 2.11. The summed E-state index contributed by atoms with van der Waals surface area (Å²) in [5.74, 6) is -0.808. The molecule has 1 N–H and O–H groups in total. The SMILES string of the molecule is Cc1cccc(C(=O)NCCc2ccccc2)c1F. The fraction of sp³-hybridized carbons (Fsp3) is 0.188. The van der Waals surface area contributed by atoms with Crippen LogP contribution in [0.5, 0.6) is 0 Å². The second-order valence-corrected chi connectivity index (χ2v) is 4.43. The maximum absolute atomic E-state index is 13.7. The van der Waals surface area contributed by atoms with Gasteiger partial charge in [-0.05, 0) is 30.5 Å². The van der Waals surface area contributed by atoms with Crippen LogP contribution in [-0.2, 0) is 6.42 Å². The predicted molar refractivity (Wildman–Crippen MR) is 73.6 cm³/mol. The first-order valence-electron chi connectivity index (χ1n) is 6.25. The highest BCUT2D eigenvalue weighted by Gasteiger charge is 2.12. The van der Waals surface area contributed by atoms with Crippen molar-refractivity contribution in [1.82, 2.24) is 5.32 Å². The first-order valence-corrected chi connectivity index (χ1v) is 6.25. The Kier molecular flexibility index (Phi) is 4.29. The average Bonchev–Trinajstić information content (AvgIpc) is 2.43. The second kappa shape index (κ2) is 6.14. The highest BCUT2D eigenvalue weighted by molar-refractivity contribution is 5.94. The van der Waals surface area contributed by atoms with Gasteiger partial charge < -0.3 is 5.32 Å². The Morgan fingerprint density at radius 2 is 1.84 bits per heavy atom. The van der Waals surface area contributed by atoms with E-state index in [2.05, 4.69) is 5.32 Å². The molecule has 0 heterocycles. The van der Waals surface area contributed by atoms with E-state index in [0.29, 0.717) is 12.1 Å².